The van der Waals surface area contributed by atoms with Crippen LogP contribution in [0.2, 0.25) is 13.7 Å². The zero-order valence-corrected chi connectivity index (χ0v) is 14.5. The van der Waals surface area contributed by atoms with Gasteiger partial charge in [-0.3, -0.25) is 0 Å². The number of fused-ring (bicyclic) bond motifs is 1. The maximum atomic E-state index is 6.52. The zero-order valence-electron chi connectivity index (χ0n) is 10.7. The van der Waals surface area contributed by atoms with E-state index in [9.17, 15) is 0 Å². The summed E-state index contributed by atoms with van der Waals surface area (Å²) in [5.74, 6) is 1.29. The summed E-state index contributed by atoms with van der Waals surface area (Å²) in [6.45, 7) is 1.21. The number of hydrogen-bond donors (Lipinski definition) is 0. The first-order valence-corrected chi connectivity index (χ1v) is 8.63. The van der Waals surface area contributed by atoms with E-state index < -0.39 is 5.38 Å². The van der Waals surface area contributed by atoms with Gasteiger partial charge in [0.1, 0.15) is 0 Å². The topological polar surface area (TPSA) is 18.5 Å². The predicted octanol–water partition coefficient (Wildman–Crippen LogP) is 6.20. The van der Waals surface area contributed by atoms with Gasteiger partial charge in [-0.2, -0.15) is 0 Å². The van der Waals surface area contributed by atoms with E-state index in [0.717, 1.165) is 17.5 Å². The van der Waals surface area contributed by atoms with E-state index in [2.05, 4.69) is 0 Å². The molecule has 2 nitrogen and oxygen atoms in total. The summed E-state index contributed by atoms with van der Waals surface area (Å²) in [6.07, 6.45) is 0.831. The molecule has 0 bridgehead atoms. The molecule has 0 saturated heterocycles. The fourth-order valence-corrected chi connectivity index (χ4v) is 4.41. The van der Waals surface area contributed by atoms with Gasteiger partial charge < -0.3 is 9.47 Å². The highest BCUT2D eigenvalue weighted by molar-refractivity contribution is 7.20. The van der Waals surface area contributed by atoms with Gasteiger partial charge in [0.15, 0.2) is 11.5 Å². The number of ether oxygens (including phenoxy) is 2. The van der Waals surface area contributed by atoms with Gasteiger partial charge in [0.25, 0.3) is 0 Å². The second-order valence-corrected chi connectivity index (χ2v) is 7.64. The number of rotatable bonds is 2. The molecule has 1 atom stereocenters. The summed E-state index contributed by atoms with van der Waals surface area (Å²) in [6, 6.07) is 5.29. The van der Waals surface area contributed by atoms with Crippen molar-refractivity contribution in [3.8, 4) is 11.5 Å². The minimum Gasteiger partial charge on any atom is -0.490 e. The fourth-order valence-electron chi connectivity index (χ4n) is 2.09. The van der Waals surface area contributed by atoms with Crippen molar-refractivity contribution in [2.24, 2.45) is 0 Å². The van der Waals surface area contributed by atoms with Crippen molar-refractivity contribution in [1.29, 1.82) is 0 Å². The van der Waals surface area contributed by atoms with E-state index in [1.54, 1.807) is 12.1 Å². The monoisotopic (exact) mass is 382 g/mol. The minimum atomic E-state index is -0.495. The minimum absolute atomic E-state index is 0.495. The molecule has 0 fully saturated rings. The molecule has 0 N–H and O–H groups in total. The molecule has 0 spiro atoms. The van der Waals surface area contributed by atoms with Crippen LogP contribution in [0, 0.1) is 0 Å². The van der Waals surface area contributed by atoms with Crippen LogP contribution in [0.3, 0.4) is 0 Å². The Balaban J connectivity index is 2.02. The van der Waals surface area contributed by atoms with E-state index in [1.807, 2.05) is 6.07 Å². The van der Waals surface area contributed by atoms with Gasteiger partial charge in [-0.1, -0.05) is 34.8 Å². The second-order valence-electron chi connectivity index (χ2n) is 4.51. The lowest BCUT2D eigenvalue weighted by Crippen LogP contribution is -1.98. The lowest BCUT2D eigenvalue weighted by Gasteiger charge is -2.15. The number of alkyl halides is 1. The standard InChI is InChI=1S/C14H10Cl4O2S/c15-9-6-11-10(19-2-1-3-20-11)4-7(9)13(17)8-5-12(16)21-14(8)18/h4-6,13H,1-3H2. The van der Waals surface area contributed by atoms with Crippen LogP contribution in [-0.4, -0.2) is 13.2 Å². The van der Waals surface area contributed by atoms with Gasteiger partial charge in [-0.05, 0) is 17.7 Å². The summed E-state index contributed by atoms with van der Waals surface area (Å²) in [4.78, 5) is 0. The maximum absolute atomic E-state index is 6.52. The normalized spacial score (nSPS) is 15.6. The lowest BCUT2D eigenvalue weighted by molar-refractivity contribution is 0.297. The van der Waals surface area contributed by atoms with Crippen molar-refractivity contribution >= 4 is 57.7 Å². The molecule has 1 aliphatic heterocycles. The van der Waals surface area contributed by atoms with Crippen LogP contribution < -0.4 is 9.47 Å². The van der Waals surface area contributed by atoms with Crippen LogP contribution in [0.25, 0.3) is 0 Å². The highest BCUT2D eigenvalue weighted by atomic mass is 35.5. The molecular weight excluding hydrogens is 374 g/mol. The fraction of sp³-hybridized carbons (Fsp3) is 0.286. The molecule has 0 aliphatic carbocycles. The Morgan fingerprint density at radius 3 is 2.24 bits per heavy atom. The molecule has 1 aliphatic rings. The Morgan fingerprint density at radius 2 is 1.62 bits per heavy atom. The molecule has 7 heteroatoms. The highest BCUT2D eigenvalue weighted by Crippen LogP contribution is 2.45. The number of hydrogen-bond acceptors (Lipinski definition) is 3. The molecular formula is C14H10Cl4O2S. The first-order chi connectivity index (χ1) is 10.1. The van der Waals surface area contributed by atoms with Gasteiger partial charge >= 0.3 is 0 Å². The van der Waals surface area contributed by atoms with Crippen molar-refractivity contribution in [2.45, 2.75) is 11.8 Å². The molecule has 2 heterocycles. The Labute approximate surface area is 146 Å². The predicted molar refractivity (Wildman–Crippen MR) is 89.1 cm³/mol. The number of thiophene rings is 1. The molecule has 0 radical (unpaired) electrons. The van der Waals surface area contributed by atoms with Gasteiger partial charge in [0, 0.05) is 23.1 Å². The number of halogens is 4. The SMILES string of the molecule is Clc1cc(C(Cl)c2cc3c(cc2Cl)OCCCO3)c(Cl)s1. The molecule has 2 aromatic rings. The van der Waals surface area contributed by atoms with Gasteiger partial charge in [-0.25, -0.2) is 0 Å². The first-order valence-electron chi connectivity index (χ1n) is 6.24. The van der Waals surface area contributed by atoms with Crippen LogP contribution >= 0.6 is 57.7 Å². The second kappa shape index (κ2) is 6.43. The van der Waals surface area contributed by atoms with Gasteiger partial charge in [0.05, 0.1) is 27.3 Å². The van der Waals surface area contributed by atoms with E-state index in [1.165, 1.54) is 11.3 Å². The molecule has 0 saturated carbocycles. The molecule has 3 rings (SSSR count). The number of benzene rings is 1. The Bertz CT molecular complexity index is 671. The van der Waals surface area contributed by atoms with E-state index in [0.29, 0.717) is 38.4 Å². The summed E-state index contributed by atoms with van der Waals surface area (Å²) in [5.41, 5.74) is 1.46. The molecule has 21 heavy (non-hydrogen) atoms. The summed E-state index contributed by atoms with van der Waals surface area (Å²) >= 11 is 26.3. The van der Waals surface area contributed by atoms with Crippen LogP contribution in [-0.2, 0) is 0 Å². The van der Waals surface area contributed by atoms with Gasteiger partial charge in [0.2, 0.25) is 0 Å². The van der Waals surface area contributed by atoms with Crippen molar-refractivity contribution < 1.29 is 9.47 Å². The van der Waals surface area contributed by atoms with E-state index in [-0.39, 0.29) is 0 Å². The average Bonchev–Trinajstić information content (AvgIpc) is 2.64. The largest absolute Gasteiger partial charge is 0.490 e. The smallest absolute Gasteiger partial charge is 0.162 e. The van der Waals surface area contributed by atoms with Gasteiger partial charge in [-0.15, -0.1) is 22.9 Å². The summed E-state index contributed by atoms with van der Waals surface area (Å²) in [7, 11) is 0. The molecule has 1 unspecified atom stereocenters. The summed E-state index contributed by atoms with van der Waals surface area (Å²) < 4.78 is 12.4. The maximum Gasteiger partial charge on any atom is 0.162 e. The zero-order chi connectivity index (χ0) is 15.0. The van der Waals surface area contributed by atoms with Crippen LogP contribution in [0.1, 0.15) is 22.9 Å². The third-order valence-electron chi connectivity index (χ3n) is 3.10. The average molecular weight is 384 g/mol. The van der Waals surface area contributed by atoms with Crippen LogP contribution in [0.5, 0.6) is 11.5 Å². The van der Waals surface area contributed by atoms with Crippen molar-refractivity contribution in [3.63, 3.8) is 0 Å². The van der Waals surface area contributed by atoms with Crippen LogP contribution in [0.15, 0.2) is 18.2 Å². The molecule has 112 valence electrons. The highest BCUT2D eigenvalue weighted by Gasteiger charge is 2.23. The quantitative estimate of drug-likeness (QED) is 0.575. The Hall–Kier alpha value is -0.320. The van der Waals surface area contributed by atoms with E-state index >= 15 is 0 Å². The Kier molecular flexibility index (Phi) is 4.77. The third-order valence-corrected chi connectivity index (χ3v) is 5.41. The van der Waals surface area contributed by atoms with Crippen LogP contribution in [0.4, 0.5) is 0 Å². The summed E-state index contributed by atoms with van der Waals surface area (Å²) in [5, 5.41) is 0.0172. The third kappa shape index (κ3) is 3.22. The Morgan fingerprint density at radius 1 is 0.952 bits per heavy atom. The molecule has 1 aromatic heterocycles. The van der Waals surface area contributed by atoms with E-state index in [4.69, 9.17) is 55.9 Å². The van der Waals surface area contributed by atoms with Crippen molar-refractivity contribution in [2.75, 3.05) is 13.2 Å². The first kappa shape index (κ1) is 15.6. The molecule has 0 amide bonds. The lowest BCUT2D eigenvalue weighted by atomic mass is 10.1. The van der Waals surface area contributed by atoms with Crippen molar-refractivity contribution in [1.82, 2.24) is 0 Å². The van der Waals surface area contributed by atoms with Crippen molar-refractivity contribution in [3.05, 3.63) is 43.0 Å². The molecule has 1 aromatic carbocycles.